The summed E-state index contributed by atoms with van der Waals surface area (Å²) in [5.41, 5.74) is 2.02. The van der Waals surface area contributed by atoms with E-state index < -0.39 is 0 Å². The molecule has 2 aromatic heterocycles. The lowest BCUT2D eigenvalue weighted by Gasteiger charge is -2.20. The van der Waals surface area contributed by atoms with E-state index in [0.29, 0.717) is 18.9 Å². The molecule has 0 N–H and O–H groups in total. The number of rotatable bonds is 6. The monoisotopic (exact) mass is 416 g/mol. The minimum absolute atomic E-state index is 0.0239. The van der Waals surface area contributed by atoms with Crippen LogP contribution in [0, 0.1) is 5.82 Å². The number of aromatic nitrogens is 1. The van der Waals surface area contributed by atoms with Gasteiger partial charge in [0.2, 0.25) is 0 Å². The Morgan fingerprint density at radius 3 is 2.75 bits per heavy atom. The van der Waals surface area contributed by atoms with Crippen molar-refractivity contribution in [1.29, 1.82) is 0 Å². The number of thiophene rings is 1. The number of hydrogen-bond donors (Lipinski definition) is 0. The van der Waals surface area contributed by atoms with E-state index in [1.54, 1.807) is 35.4 Å². The van der Waals surface area contributed by atoms with Gasteiger partial charge in [-0.15, -0.1) is 11.3 Å². The first-order chi connectivity index (χ1) is 13.6. The lowest BCUT2D eigenvalue weighted by Crippen LogP contribution is -2.32. The van der Waals surface area contributed by atoms with E-state index in [9.17, 15) is 9.18 Å². The molecule has 1 amide bonds. The van der Waals surface area contributed by atoms with Crippen molar-refractivity contribution in [3.05, 3.63) is 70.6 Å². The summed E-state index contributed by atoms with van der Waals surface area (Å²) < 4.78 is 20.7. The van der Waals surface area contributed by atoms with Gasteiger partial charge in [0, 0.05) is 30.1 Å². The highest BCUT2D eigenvalue weighted by molar-refractivity contribution is 7.98. The van der Waals surface area contributed by atoms with Crippen LogP contribution in [0.3, 0.4) is 0 Å². The number of hydrogen-bond acceptors (Lipinski definition) is 4. The molecule has 0 saturated heterocycles. The number of ether oxygens (including phenoxy) is 1. The van der Waals surface area contributed by atoms with Crippen LogP contribution in [0.25, 0.3) is 5.00 Å². The first-order valence-electron chi connectivity index (χ1n) is 9.13. The normalized spacial score (nSPS) is 13.2. The quantitative estimate of drug-likeness (QED) is 0.588. The molecule has 146 valence electrons. The second-order valence-electron chi connectivity index (χ2n) is 6.61. The zero-order valence-corrected chi connectivity index (χ0v) is 17.2. The predicted octanol–water partition coefficient (Wildman–Crippen LogP) is 4.62. The standard InChI is InChI=1S/C21H21FN2O2S2/c1-23(11-12-26-16-6-4-15(22)5-7-16)20(25)19-17-8-13-27-14-18(17)28-21(19)24-9-2-3-10-24/h2-7,9-10H,8,11-14H2,1H3. The molecule has 0 fully saturated rings. The van der Waals surface area contributed by atoms with Crippen molar-refractivity contribution in [3.63, 3.8) is 0 Å². The molecule has 1 aliphatic heterocycles. The van der Waals surface area contributed by atoms with Crippen molar-refractivity contribution >= 4 is 29.0 Å². The van der Waals surface area contributed by atoms with Gasteiger partial charge in [-0.3, -0.25) is 4.79 Å². The van der Waals surface area contributed by atoms with Crippen molar-refractivity contribution in [2.45, 2.75) is 12.2 Å². The minimum atomic E-state index is -0.294. The summed E-state index contributed by atoms with van der Waals surface area (Å²) in [5.74, 6) is 2.35. The fourth-order valence-electron chi connectivity index (χ4n) is 3.21. The molecule has 4 rings (SSSR count). The molecule has 1 aromatic carbocycles. The van der Waals surface area contributed by atoms with E-state index in [1.807, 2.05) is 40.9 Å². The maximum atomic E-state index is 13.3. The van der Waals surface area contributed by atoms with Crippen molar-refractivity contribution in [2.24, 2.45) is 0 Å². The van der Waals surface area contributed by atoms with Crippen LogP contribution in [-0.4, -0.2) is 41.3 Å². The number of carbonyl (C=O) groups is 1. The summed E-state index contributed by atoms with van der Waals surface area (Å²) in [7, 11) is 1.80. The number of benzene rings is 1. The van der Waals surface area contributed by atoms with Gasteiger partial charge in [0.15, 0.2) is 0 Å². The third-order valence-corrected chi connectivity index (χ3v) is 7.12. The fraction of sp³-hybridized carbons (Fsp3) is 0.286. The number of thioether (sulfide) groups is 1. The SMILES string of the molecule is CN(CCOc1ccc(F)cc1)C(=O)c1c(-n2cccc2)sc2c1CCSC2. The maximum Gasteiger partial charge on any atom is 0.257 e. The highest BCUT2D eigenvalue weighted by atomic mass is 32.2. The highest BCUT2D eigenvalue weighted by Gasteiger charge is 2.28. The van der Waals surface area contributed by atoms with Gasteiger partial charge in [-0.1, -0.05) is 0 Å². The molecule has 0 radical (unpaired) electrons. The highest BCUT2D eigenvalue weighted by Crippen LogP contribution is 2.38. The van der Waals surface area contributed by atoms with E-state index in [2.05, 4.69) is 0 Å². The third kappa shape index (κ3) is 3.95. The minimum Gasteiger partial charge on any atom is -0.492 e. The van der Waals surface area contributed by atoms with Gasteiger partial charge in [-0.05, 0) is 54.1 Å². The van der Waals surface area contributed by atoms with Crippen LogP contribution >= 0.6 is 23.1 Å². The topological polar surface area (TPSA) is 34.5 Å². The molecular formula is C21H21FN2O2S2. The molecule has 4 nitrogen and oxygen atoms in total. The number of likely N-dealkylation sites (N-methyl/N-ethyl adjacent to an activating group) is 1. The summed E-state index contributed by atoms with van der Waals surface area (Å²) in [5, 5.41) is 0.994. The summed E-state index contributed by atoms with van der Waals surface area (Å²) in [6, 6.07) is 9.86. The zero-order chi connectivity index (χ0) is 19.5. The van der Waals surface area contributed by atoms with Crippen LogP contribution < -0.4 is 4.74 Å². The first-order valence-corrected chi connectivity index (χ1v) is 11.1. The van der Waals surface area contributed by atoms with Crippen LogP contribution in [-0.2, 0) is 12.2 Å². The molecule has 0 bridgehead atoms. The van der Waals surface area contributed by atoms with Crippen molar-refractivity contribution in [3.8, 4) is 10.8 Å². The van der Waals surface area contributed by atoms with Gasteiger partial charge < -0.3 is 14.2 Å². The van der Waals surface area contributed by atoms with E-state index in [-0.39, 0.29) is 11.7 Å². The Hall–Kier alpha value is -2.25. The van der Waals surface area contributed by atoms with Gasteiger partial charge in [-0.25, -0.2) is 4.39 Å². The Morgan fingerprint density at radius 1 is 1.25 bits per heavy atom. The molecular weight excluding hydrogens is 395 g/mol. The van der Waals surface area contributed by atoms with Crippen LogP contribution in [0.5, 0.6) is 5.75 Å². The zero-order valence-electron chi connectivity index (χ0n) is 15.6. The third-order valence-electron chi connectivity index (χ3n) is 4.71. The largest absolute Gasteiger partial charge is 0.492 e. The van der Waals surface area contributed by atoms with Gasteiger partial charge in [-0.2, -0.15) is 11.8 Å². The molecule has 3 heterocycles. The molecule has 0 atom stereocenters. The molecule has 3 aromatic rings. The van der Waals surface area contributed by atoms with Crippen LogP contribution in [0.4, 0.5) is 4.39 Å². The maximum absolute atomic E-state index is 13.3. The molecule has 28 heavy (non-hydrogen) atoms. The molecule has 0 unspecified atom stereocenters. The number of halogens is 1. The smallest absolute Gasteiger partial charge is 0.257 e. The Morgan fingerprint density at radius 2 is 2.00 bits per heavy atom. The van der Waals surface area contributed by atoms with E-state index >= 15 is 0 Å². The van der Waals surface area contributed by atoms with Gasteiger partial charge in [0.05, 0.1) is 12.1 Å². The molecule has 1 aliphatic rings. The van der Waals surface area contributed by atoms with Gasteiger partial charge >= 0.3 is 0 Å². The second kappa shape index (κ2) is 8.41. The fourth-order valence-corrected chi connectivity index (χ4v) is 5.65. The van der Waals surface area contributed by atoms with Gasteiger partial charge in [0.1, 0.15) is 23.2 Å². The molecule has 0 spiro atoms. The number of carbonyl (C=O) groups excluding carboxylic acids is 1. The average molecular weight is 417 g/mol. The van der Waals surface area contributed by atoms with Crippen LogP contribution in [0.1, 0.15) is 20.8 Å². The number of fused-ring (bicyclic) bond motifs is 1. The lowest BCUT2D eigenvalue weighted by molar-refractivity contribution is 0.0773. The van der Waals surface area contributed by atoms with Crippen molar-refractivity contribution in [1.82, 2.24) is 9.47 Å². The Labute approximate surface area is 171 Å². The lowest BCUT2D eigenvalue weighted by atomic mass is 10.1. The summed E-state index contributed by atoms with van der Waals surface area (Å²) in [6.07, 6.45) is 4.90. The van der Waals surface area contributed by atoms with Crippen LogP contribution in [0.15, 0.2) is 48.8 Å². The Balaban J connectivity index is 1.50. The van der Waals surface area contributed by atoms with E-state index in [0.717, 1.165) is 28.5 Å². The number of nitrogens with zero attached hydrogens (tertiary/aromatic N) is 2. The van der Waals surface area contributed by atoms with Crippen LogP contribution in [0.2, 0.25) is 0 Å². The first kappa shape index (κ1) is 19.1. The van der Waals surface area contributed by atoms with E-state index in [4.69, 9.17) is 4.74 Å². The number of amides is 1. The molecule has 7 heteroatoms. The van der Waals surface area contributed by atoms with Gasteiger partial charge in [0.25, 0.3) is 5.91 Å². The predicted molar refractivity (Wildman–Crippen MR) is 112 cm³/mol. The average Bonchev–Trinajstić information content (AvgIpc) is 3.36. The summed E-state index contributed by atoms with van der Waals surface area (Å²) in [6.45, 7) is 0.815. The molecule has 0 aliphatic carbocycles. The second-order valence-corrected chi connectivity index (χ2v) is 8.79. The van der Waals surface area contributed by atoms with Crippen molar-refractivity contribution in [2.75, 3.05) is 26.0 Å². The summed E-state index contributed by atoms with van der Waals surface area (Å²) in [4.78, 5) is 16.3. The van der Waals surface area contributed by atoms with E-state index in [1.165, 1.54) is 22.6 Å². The summed E-state index contributed by atoms with van der Waals surface area (Å²) >= 11 is 3.63. The Bertz CT molecular complexity index is 952. The molecule has 0 saturated carbocycles. The van der Waals surface area contributed by atoms with Crippen molar-refractivity contribution < 1.29 is 13.9 Å². The Kier molecular flexibility index (Phi) is 5.73.